The lowest BCUT2D eigenvalue weighted by Gasteiger charge is -2.10. The number of nitrogens with zero attached hydrogens (tertiary/aromatic N) is 3. The largest absolute Gasteiger partial charge is 0.454 e. The van der Waals surface area contributed by atoms with Crippen molar-refractivity contribution in [3.8, 4) is 11.5 Å². The Bertz CT molecular complexity index is 980. The molecule has 0 bridgehead atoms. The molecule has 4 rings (SSSR count). The molecular weight excluding hydrogens is 342 g/mol. The number of benzene rings is 1. The maximum absolute atomic E-state index is 5.42. The van der Waals surface area contributed by atoms with Crippen LogP contribution in [0.25, 0.3) is 5.65 Å². The van der Waals surface area contributed by atoms with E-state index in [1.54, 1.807) is 0 Å². The van der Waals surface area contributed by atoms with Crippen LogP contribution < -0.4 is 20.1 Å². The zero-order valence-electron chi connectivity index (χ0n) is 15.5. The molecule has 0 spiro atoms. The van der Waals surface area contributed by atoms with Crippen molar-refractivity contribution in [3.05, 3.63) is 59.5 Å². The number of ether oxygens (including phenoxy) is 2. The molecule has 3 heterocycles. The van der Waals surface area contributed by atoms with Gasteiger partial charge < -0.3 is 24.5 Å². The van der Waals surface area contributed by atoms with Gasteiger partial charge in [-0.1, -0.05) is 12.1 Å². The van der Waals surface area contributed by atoms with Gasteiger partial charge in [0, 0.05) is 18.4 Å². The molecule has 0 radical (unpaired) electrons. The van der Waals surface area contributed by atoms with E-state index < -0.39 is 0 Å². The molecule has 0 amide bonds. The molecule has 0 fully saturated rings. The highest BCUT2D eigenvalue weighted by molar-refractivity contribution is 5.79. The highest BCUT2D eigenvalue weighted by atomic mass is 16.7. The van der Waals surface area contributed by atoms with Gasteiger partial charge in [0.05, 0.1) is 18.8 Å². The molecular formula is C20H23N5O2. The van der Waals surface area contributed by atoms with Gasteiger partial charge in [-0.15, -0.1) is 0 Å². The number of hydrogen-bond donors (Lipinski definition) is 2. The average molecular weight is 365 g/mol. The van der Waals surface area contributed by atoms with E-state index in [9.17, 15) is 0 Å². The second kappa shape index (κ2) is 7.57. The number of guanidine groups is 1. The lowest BCUT2D eigenvalue weighted by Crippen LogP contribution is -2.36. The maximum atomic E-state index is 5.42. The minimum absolute atomic E-state index is 0.282. The predicted octanol–water partition coefficient (Wildman–Crippen LogP) is 2.63. The first-order valence-corrected chi connectivity index (χ1v) is 9.07. The van der Waals surface area contributed by atoms with Crippen LogP contribution in [0.2, 0.25) is 0 Å². The van der Waals surface area contributed by atoms with Crippen molar-refractivity contribution in [2.75, 3.05) is 13.3 Å². The molecule has 27 heavy (non-hydrogen) atoms. The molecule has 0 aliphatic carbocycles. The Morgan fingerprint density at radius 1 is 1.19 bits per heavy atom. The van der Waals surface area contributed by atoms with Gasteiger partial charge in [0.25, 0.3) is 0 Å². The molecule has 0 unspecified atom stereocenters. The SMILES string of the molecule is CCNC(=NCc1ccc2c(c1)OCO2)NCc1cn2c(C)cccc2n1. The molecule has 2 aromatic heterocycles. The molecule has 1 aromatic carbocycles. The average Bonchev–Trinajstić information content (AvgIpc) is 3.30. The van der Waals surface area contributed by atoms with Crippen molar-refractivity contribution in [3.63, 3.8) is 0 Å². The number of hydrogen-bond acceptors (Lipinski definition) is 4. The van der Waals surface area contributed by atoms with Gasteiger partial charge >= 0.3 is 0 Å². The van der Waals surface area contributed by atoms with E-state index in [2.05, 4.69) is 44.2 Å². The van der Waals surface area contributed by atoms with E-state index in [0.717, 1.165) is 46.6 Å². The number of aryl methyl sites for hydroxylation is 1. The summed E-state index contributed by atoms with van der Waals surface area (Å²) in [5.41, 5.74) is 4.15. The third-order valence-electron chi connectivity index (χ3n) is 4.38. The second-order valence-corrected chi connectivity index (χ2v) is 6.36. The number of fused-ring (bicyclic) bond motifs is 2. The fraction of sp³-hybridized carbons (Fsp3) is 0.300. The van der Waals surface area contributed by atoms with Gasteiger partial charge in [-0.05, 0) is 43.7 Å². The van der Waals surface area contributed by atoms with Gasteiger partial charge in [0.2, 0.25) is 6.79 Å². The lowest BCUT2D eigenvalue weighted by molar-refractivity contribution is 0.174. The summed E-state index contributed by atoms with van der Waals surface area (Å²) in [6.07, 6.45) is 2.05. The van der Waals surface area contributed by atoms with Crippen molar-refractivity contribution < 1.29 is 9.47 Å². The number of imidazole rings is 1. The number of aliphatic imine (C=N–C) groups is 1. The van der Waals surface area contributed by atoms with Crippen molar-refractivity contribution in [1.29, 1.82) is 0 Å². The molecule has 0 saturated heterocycles. The highest BCUT2D eigenvalue weighted by Crippen LogP contribution is 2.32. The van der Waals surface area contributed by atoms with E-state index in [0.29, 0.717) is 13.1 Å². The summed E-state index contributed by atoms with van der Waals surface area (Å²) in [6, 6.07) is 12.0. The molecule has 1 aliphatic rings. The van der Waals surface area contributed by atoms with Crippen LogP contribution in [-0.4, -0.2) is 28.7 Å². The van der Waals surface area contributed by atoms with Crippen LogP contribution in [0, 0.1) is 6.92 Å². The number of aromatic nitrogens is 2. The van der Waals surface area contributed by atoms with Crippen molar-refractivity contribution in [2.45, 2.75) is 26.9 Å². The molecule has 2 N–H and O–H groups in total. The van der Waals surface area contributed by atoms with Crippen molar-refractivity contribution >= 4 is 11.6 Å². The molecule has 7 heteroatoms. The first kappa shape index (κ1) is 17.2. The molecule has 3 aromatic rings. The third-order valence-corrected chi connectivity index (χ3v) is 4.38. The normalized spacial score (nSPS) is 13.2. The Balaban J connectivity index is 1.43. The number of pyridine rings is 1. The van der Waals surface area contributed by atoms with Crippen LogP contribution in [0.5, 0.6) is 11.5 Å². The summed E-state index contributed by atoms with van der Waals surface area (Å²) in [5.74, 6) is 2.32. The minimum Gasteiger partial charge on any atom is -0.454 e. The fourth-order valence-corrected chi connectivity index (χ4v) is 3.01. The van der Waals surface area contributed by atoms with Gasteiger partial charge in [0.1, 0.15) is 5.65 Å². The smallest absolute Gasteiger partial charge is 0.231 e. The fourth-order valence-electron chi connectivity index (χ4n) is 3.01. The summed E-state index contributed by atoms with van der Waals surface area (Å²) in [6.45, 7) is 6.35. The van der Waals surface area contributed by atoms with Gasteiger partial charge in [0.15, 0.2) is 17.5 Å². The molecule has 0 atom stereocenters. The lowest BCUT2D eigenvalue weighted by atomic mass is 10.2. The van der Waals surface area contributed by atoms with Crippen LogP contribution in [0.15, 0.2) is 47.6 Å². The van der Waals surface area contributed by atoms with E-state index in [-0.39, 0.29) is 6.79 Å². The van der Waals surface area contributed by atoms with Gasteiger partial charge in [-0.3, -0.25) is 0 Å². The Labute approximate surface area is 158 Å². The summed E-state index contributed by atoms with van der Waals surface area (Å²) in [7, 11) is 0. The van der Waals surface area contributed by atoms with Crippen molar-refractivity contribution in [1.82, 2.24) is 20.0 Å². The van der Waals surface area contributed by atoms with Crippen molar-refractivity contribution in [2.24, 2.45) is 4.99 Å². The second-order valence-electron chi connectivity index (χ2n) is 6.36. The standard InChI is InChI=1S/C20H23N5O2/c1-3-21-20(22-10-15-7-8-17-18(9-15)27-13-26-17)23-11-16-12-25-14(2)5-4-6-19(25)24-16/h4-9,12H,3,10-11,13H2,1-2H3,(H2,21,22,23). The van der Waals surface area contributed by atoms with Crippen LogP contribution in [0.4, 0.5) is 0 Å². The zero-order chi connectivity index (χ0) is 18.6. The Morgan fingerprint density at radius 2 is 2.07 bits per heavy atom. The quantitative estimate of drug-likeness (QED) is 0.537. The Hall–Kier alpha value is -3.22. The first-order valence-electron chi connectivity index (χ1n) is 9.07. The molecule has 140 valence electrons. The summed E-state index contributed by atoms with van der Waals surface area (Å²) in [4.78, 5) is 9.31. The van der Waals surface area contributed by atoms with E-state index in [1.165, 1.54) is 0 Å². The number of rotatable bonds is 5. The van der Waals surface area contributed by atoms with E-state index in [4.69, 9.17) is 9.47 Å². The monoisotopic (exact) mass is 365 g/mol. The molecule has 0 saturated carbocycles. The number of nitrogens with one attached hydrogen (secondary N) is 2. The van der Waals surface area contributed by atoms with Crippen LogP contribution in [0.3, 0.4) is 0 Å². The Kier molecular flexibility index (Phi) is 4.82. The van der Waals surface area contributed by atoms with Gasteiger partial charge in [-0.2, -0.15) is 0 Å². The summed E-state index contributed by atoms with van der Waals surface area (Å²) < 4.78 is 12.9. The summed E-state index contributed by atoms with van der Waals surface area (Å²) >= 11 is 0. The third kappa shape index (κ3) is 3.81. The zero-order valence-corrected chi connectivity index (χ0v) is 15.5. The molecule has 7 nitrogen and oxygen atoms in total. The topological polar surface area (TPSA) is 72.2 Å². The molecule has 1 aliphatic heterocycles. The van der Waals surface area contributed by atoms with Crippen LogP contribution >= 0.6 is 0 Å². The maximum Gasteiger partial charge on any atom is 0.231 e. The summed E-state index contributed by atoms with van der Waals surface area (Å²) in [5, 5.41) is 6.62. The van der Waals surface area contributed by atoms with Crippen LogP contribution in [0.1, 0.15) is 23.9 Å². The first-order chi connectivity index (χ1) is 13.2. The van der Waals surface area contributed by atoms with Gasteiger partial charge in [-0.25, -0.2) is 9.98 Å². The van der Waals surface area contributed by atoms with E-state index in [1.807, 2.05) is 37.3 Å². The van der Waals surface area contributed by atoms with E-state index >= 15 is 0 Å². The predicted molar refractivity (Wildman–Crippen MR) is 104 cm³/mol. The minimum atomic E-state index is 0.282. The highest BCUT2D eigenvalue weighted by Gasteiger charge is 2.13. The van der Waals surface area contributed by atoms with Crippen LogP contribution in [-0.2, 0) is 13.1 Å². The Morgan fingerprint density at radius 3 is 2.93 bits per heavy atom.